The largest absolute Gasteiger partial charge is 0.503 e. The monoisotopic (exact) mass is 531 g/mol. The molecule has 38 heavy (non-hydrogen) atoms. The highest BCUT2D eigenvalue weighted by atomic mass is 35.5. The molecule has 1 amide bonds. The number of nitrogens with zero attached hydrogens (tertiary/aromatic N) is 1. The van der Waals surface area contributed by atoms with E-state index in [1.54, 1.807) is 49.6 Å². The van der Waals surface area contributed by atoms with Gasteiger partial charge in [-0.1, -0.05) is 54.9 Å². The van der Waals surface area contributed by atoms with E-state index < -0.39 is 23.5 Å². The maximum atomic E-state index is 13.7. The minimum atomic E-state index is -0.836. The number of aliphatic hydroxyl groups excluding tert-OH is 1. The lowest BCUT2D eigenvalue weighted by molar-refractivity contribution is -0.129. The number of amides is 1. The standard InChI is InChI=1S/C30H26ClNO6/c1-3-13-32-27(19-9-11-23(36-2)24(15-19)37-17-18-7-5-4-6-8-18)26(29(34)30(32)35)28(33)25-16-20-14-21(31)10-12-22(20)38-25/h4-12,14-16,27,34H,3,13,17H2,1-2H3. The molecule has 0 fully saturated rings. The van der Waals surface area contributed by atoms with Crippen LogP contribution >= 0.6 is 11.6 Å². The van der Waals surface area contributed by atoms with Gasteiger partial charge < -0.3 is 23.9 Å². The number of furan rings is 1. The minimum Gasteiger partial charge on any atom is -0.503 e. The van der Waals surface area contributed by atoms with Crippen LogP contribution < -0.4 is 9.47 Å². The molecule has 1 atom stereocenters. The molecule has 3 aromatic carbocycles. The third-order valence-electron chi connectivity index (χ3n) is 6.46. The molecule has 8 heteroatoms. The molecule has 0 saturated heterocycles. The maximum Gasteiger partial charge on any atom is 0.290 e. The first kappa shape index (κ1) is 25.4. The Bertz CT molecular complexity index is 1540. The molecule has 1 unspecified atom stereocenters. The number of ketones is 1. The highest BCUT2D eigenvalue weighted by molar-refractivity contribution is 6.31. The zero-order chi connectivity index (χ0) is 26.8. The van der Waals surface area contributed by atoms with E-state index in [4.69, 9.17) is 25.5 Å². The topological polar surface area (TPSA) is 89.2 Å². The molecule has 0 bridgehead atoms. The number of benzene rings is 3. The molecule has 4 aromatic rings. The van der Waals surface area contributed by atoms with Crippen LogP contribution in [0.2, 0.25) is 5.02 Å². The van der Waals surface area contributed by atoms with Crippen LogP contribution in [0.1, 0.15) is 41.1 Å². The number of fused-ring (bicyclic) bond motifs is 1. The lowest BCUT2D eigenvalue weighted by Gasteiger charge is -2.27. The average Bonchev–Trinajstić information content (AvgIpc) is 3.46. The van der Waals surface area contributed by atoms with Gasteiger partial charge in [0, 0.05) is 17.0 Å². The Balaban J connectivity index is 1.55. The first-order valence-electron chi connectivity index (χ1n) is 12.2. The Morgan fingerprint density at radius 2 is 1.84 bits per heavy atom. The van der Waals surface area contributed by atoms with Gasteiger partial charge in [-0.3, -0.25) is 9.59 Å². The molecular formula is C30H26ClNO6. The van der Waals surface area contributed by atoms with Crippen molar-refractivity contribution in [1.82, 2.24) is 4.90 Å². The van der Waals surface area contributed by atoms with Gasteiger partial charge in [-0.2, -0.15) is 0 Å². The van der Waals surface area contributed by atoms with Crippen LogP contribution in [0.5, 0.6) is 11.5 Å². The summed E-state index contributed by atoms with van der Waals surface area (Å²) in [4.78, 5) is 28.3. The van der Waals surface area contributed by atoms with Gasteiger partial charge in [-0.15, -0.1) is 0 Å². The van der Waals surface area contributed by atoms with Gasteiger partial charge in [0.15, 0.2) is 23.0 Å². The lowest BCUT2D eigenvalue weighted by Crippen LogP contribution is -2.31. The number of Topliss-reactive ketones (excluding diaryl/α,β-unsaturated/α-hetero) is 1. The van der Waals surface area contributed by atoms with Crippen molar-refractivity contribution < 1.29 is 28.6 Å². The molecule has 2 heterocycles. The number of hydrogen-bond donors (Lipinski definition) is 1. The van der Waals surface area contributed by atoms with Crippen LogP contribution in [0.25, 0.3) is 11.0 Å². The van der Waals surface area contributed by atoms with E-state index in [9.17, 15) is 14.7 Å². The Hall–Kier alpha value is -4.23. The van der Waals surface area contributed by atoms with Gasteiger partial charge in [-0.05, 0) is 53.9 Å². The fourth-order valence-corrected chi connectivity index (χ4v) is 4.85. The van der Waals surface area contributed by atoms with E-state index in [-0.39, 0.29) is 11.3 Å². The fourth-order valence-electron chi connectivity index (χ4n) is 4.67. The van der Waals surface area contributed by atoms with Crippen molar-refractivity contribution in [3.8, 4) is 11.5 Å². The van der Waals surface area contributed by atoms with Gasteiger partial charge >= 0.3 is 0 Å². The van der Waals surface area contributed by atoms with Crippen LogP contribution in [0, 0.1) is 0 Å². The lowest BCUT2D eigenvalue weighted by atomic mass is 9.94. The van der Waals surface area contributed by atoms with Crippen molar-refractivity contribution in [2.24, 2.45) is 0 Å². The summed E-state index contributed by atoms with van der Waals surface area (Å²) < 4.78 is 17.3. The van der Waals surface area contributed by atoms with Crippen molar-refractivity contribution in [2.45, 2.75) is 26.0 Å². The van der Waals surface area contributed by atoms with Crippen molar-refractivity contribution >= 4 is 34.3 Å². The molecule has 1 aromatic heterocycles. The second kappa shape index (κ2) is 10.6. The van der Waals surface area contributed by atoms with Crippen molar-refractivity contribution in [3.63, 3.8) is 0 Å². The number of aliphatic hydroxyl groups is 1. The van der Waals surface area contributed by atoms with Crippen LogP contribution in [0.4, 0.5) is 0 Å². The normalized spacial score (nSPS) is 15.4. The van der Waals surface area contributed by atoms with Crippen molar-refractivity contribution in [3.05, 3.63) is 106 Å². The summed E-state index contributed by atoms with van der Waals surface area (Å²) in [6, 6.07) is 20.7. The summed E-state index contributed by atoms with van der Waals surface area (Å²) in [6.45, 7) is 2.57. The van der Waals surface area contributed by atoms with Crippen LogP contribution in [0.15, 0.2) is 88.5 Å². The summed E-state index contributed by atoms with van der Waals surface area (Å²) in [5, 5.41) is 12.1. The summed E-state index contributed by atoms with van der Waals surface area (Å²) in [7, 11) is 1.54. The average molecular weight is 532 g/mol. The number of carbonyl (C=O) groups is 2. The third kappa shape index (κ3) is 4.73. The minimum absolute atomic E-state index is 0.00836. The Labute approximate surface area is 224 Å². The van der Waals surface area contributed by atoms with E-state index in [1.807, 2.05) is 37.3 Å². The highest BCUT2D eigenvalue weighted by Gasteiger charge is 2.44. The molecule has 5 rings (SSSR count). The Morgan fingerprint density at radius 1 is 1.05 bits per heavy atom. The third-order valence-corrected chi connectivity index (χ3v) is 6.69. The number of halogens is 1. The van der Waals surface area contributed by atoms with Gasteiger partial charge in [0.2, 0.25) is 5.78 Å². The fraction of sp³-hybridized carbons (Fsp3) is 0.200. The number of methoxy groups -OCH3 is 1. The molecule has 1 N–H and O–H groups in total. The number of carbonyl (C=O) groups excluding carboxylic acids is 2. The molecule has 7 nitrogen and oxygen atoms in total. The second-order valence-corrected chi connectivity index (χ2v) is 9.41. The highest BCUT2D eigenvalue weighted by Crippen LogP contribution is 2.42. The summed E-state index contributed by atoms with van der Waals surface area (Å²) in [6.07, 6.45) is 0.633. The maximum absolute atomic E-state index is 13.7. The van der Waals surface area contributed by atoms with Gasteiger partial charge in [0.25, 0.3) is 5.91 Å². The van der Waals surface area contributed by atoms with Crippen molar-refractivity contribution in [1.29, 1.82) is 0 Å². The van der Waals surface area contributed by atoms with Crippen LogP contribution in [-0.2, 0) is 11.4 Å². The molecule has 1 aliphatic heterocycles. The van der Waals surface area contributed by atoms with E-state index in [2.05, 4.69) is 0 Å². The molecule has 194 valence electrons. The SMILES string of the molecule is CCCN1C(=O)C(O)=C(C(=O)c2cc3cc(Cl)ccc3o2)C1c1ccc(OC)c(OCc2ccccc2)c1. The van der Waals surface area contributed by atoms with Crippen LogP contribution in [0.3, 0.4) is 0 Å². The van der Waals surface area contributed by atoms with Gasteiger partial charge in [0.1, 0.15) is 12.2 Å². The summed E-state index contributed by atoms with van der Waals surface area (Å²) in [5.41, 5.74) is 2.00. The zero-order valence-corrected chi connectivity index (χ0v) is 21.7. The zero-order valence-electron chi connectivity index (χ0n) is 20.9. The van der Waals surface area contributed by atoms with E-state index in [0.717, 1.165) is 5.56 Å². The molecule has 0 aliphatic carbocycles. The first-order valence-corrected chi connectivity index (χ1v) is 12.6. The van der Waals surface area contributed by atoms with Gasteiger partial charge in [-0.25, -0.2) is 0 Å². The number of ether oxygens (including phenoxy) is 2. The summed E-state index contributed by atoms with van der Waals surface area (Å²) >= 11 is 6.09. The predicted octanol–water partition coefficient (Wildman–Crippen LogP) is 6.66. The Morgan fingerprint density at radius 3 is 2.58 bits per heavy atom. The van der Waals surface area contributed by atoms with E-state index >= 15 is 0 Å². The second-order valence-electron chi connectivity index (χ2n) is 8.97. The van der Waals surface area contributed by atoms with Gasteiger partial charge in [0.05, 0.1) is 18.7 Å². The van der Waals surface area contributed by atoms with E-state index in [0.29, 0.717) is 52.6 Å². The molecule has 0 saturated carbocycles. The first-order chi connectivity index (χ1) is 18.4. The quantitative estimate of drug-likeness (QED) is 0.243. The summed E-state index contributed by atoms with van der Waals surface area (Å²) in [5.74, 6) is -0.805. The van der Waals surface area contributed by atoms with Crippen molar-refractivity contribution in [2.75, 3.05) is 13.7 Å². The molecule has 1 aliphatic rings. The van der Waals surface area contributed by atoms with E-state index in [1.165, 1.54) is 4.90 Å². The number of hydrogen-bond acceptors (Lipinski definition) is 6. The Kier molecular flexibility index (Phi) is 7.11. The molecular weight excluding hydrogens is 506 g/mol. The molecule has 0 spiro atoms. The molecule has 0 radical (unpaired) electrons. The predicted molar refractivity (Wildman–Crippen MR) is 144 cm³/mol. The van der Waals surface area contributed by atoms with Crippen LogP contribution in [-0.4, -0.2) is 35.4 Å². The number of rotatable bonds is 9. The smallest absolute Gasteiger partial charge is 0.290 e.